The fourth-order valence-corrected chi connectivity index (χ4v) is 3.21. The quantitative estimate of drug-likeness (QED) is 0.645. The molecule has 0 spiro atoms. The molecule has 3 N–H and O–H groups in total. The summed E-state index contributed by atoms with van der Waals surface area (Å²) in [5, 5.41) is 11.2. The number of carbonyl (C=O) groups is 1. The zero-order chi connectivity index (χ0) is 15.8. The highest BCUT2D eigenvalue weighted by Crippen LogP contribution is 2.36. The van der Waals surface area contributed by atoms with E-state index in [1.807, 2.05) is 24.4 Å². The van der Waals surface area contributed by atoms with E-state index >= 15 is 0 Å². The average Bonchev–Trinajstić information content (AvgIpc) is 3.18. The van der Waals surface area contributed by atoms with Crippen LogP contribution >= 0.6 is 0 Å². The van der Waals surface area contributed by atoms with Gasteiger partial charge in [0.05, 0.1) is 24.2 Å². The van der Waals surface area contributed by atoms with Gasteiger partial charge in [-0.05, 0) is 42.2 Å². The van der Waals surface area contributed by atoms with Crippen molar-refractivity contribution in [2.75, 3.05) is 20.3 Å². The molecule has 1 aliphatic carbocycles. The van der Waals surface area contributed by atoms with E-state index in [0.717, 1.165) is 35.1 Å². The maximum Gasteiger partial charge on any atom is 0.251 e. The minimum absolute atomic E-state index is 0.0723. The Hall–Kier alpha value is -2.60. The van der Waals surface area contributed by atoms with E-state index in [1.165, 1.54) is 11.1 Å². The van der Waals surface area contributed by atoms with Crippen LogP contribution in [0.4, 0.5) is 0 Å². The molecule has 1 amide bonds. The molecule has 2 heterocycles. The first-order valence-corrected chi connectivity index (χ1v) is 7.72. The molecule has 4 rings (SSSR count). The molecule has 3 aromatic rings. The third kappa shape index (κ3) is 2.31. The van der Waals surface area contributed by atoms with Crippen LogP contribution < -0.4 is 5.32 Å². The second-order valence-corrected chi connectivity index (χ2v) is 5.76. The van der Waals surface area contributed by atoms with E-state index in [0.29, 0.717) is 18.7 Å². The zero-order valence-corrected chi connectivity index (χ0v) is 12.9. The lowest BCUT2D eigenvalue weighted by molar-refractivity contribution is 0.0937. The molecule has 2 aromatic heterocycles. The highest BCUT2D eigenvalue weighted by molar-refractivity contribution is 6.00. The number of nitrogens with one attached hydrogen (secondary N) is 3. The molecule has 0 saturated carbocycles. The highest BCUT2D eigenvalue weighted by Gasteiger charge is 2.22. The van der Waals surface area contributed by atoms with Gasteiger partial charge >= 0.3 is 0 Å². The number of ether oxygens (including phenoxy) is 1. The highest BCUT2D eigenvalue weighted by atomic mass is 16.5. The molecule has 0 atom stereocenters. The molecule has 118 valence electrons. The summed E-state index contributed by atoms with van der Waals surface area (Å²) in [5.41, 5.74) is 6.37. The van der Waals surface area contributed by atoms with E-state index in [1.54, 1.807) is 7.11 Å². The summed E-state index contributed by atoms with van der Waals surface area (Å²) < 4.78 is 4.96. The van der Waals surface area contributed by atoms with Crippen molar-refractivity contribution >= 4 is 16.8 Å². The van der Waals surface area contributed by atoms with Gasteiger partial charge in [-0.25, -0.2) is 0 Å². The number of methoxy groups -OCH3 is 1. The standard InChI is InChI=1S/C17H18N4O2/c1-23-7-6-18-17(22)10-3-5-14-13(8-10)12-4-2-11-9-19-21-15(11)16(12)20-14/h3,5,8-9,20H,2,4,6-7H2,1H3,(H,18,22)(H,19,21). The van der Waals surface area contributed by atoms with Gasteiger partial charge in [-0.3, -0.25) is 9.89 Å². The smallest absolute Gasteiger partial charge is 0.251 e. The number of aromatic amines is 2. The molecule has 0 saturated heterocycles. The molecule has 6 nitrogen and oxygen atoms in total. The van der Waals surface area contributed by atoms with Gasteiger partial charge in [0.2, 0.25) is 0 Å². The number of hydrogen-bond donors (Lipinski definition) is 3. The SMILES string of the molecule is COCCNC(=O)c1ccc2[nH]c3c(c2c1)CCc1cn[nH]c1-3. The Bertz CT molecular complexity index is 878. The van der Waals surface area contributed by atoms with Crippen LogP contribution in [0, 0.1) is 0 Å². The number of nitrogens with zero attached hydrogens (tertiary/aromatic N) is 1. The van der Waals surface area contributed by atoms with Crippen LogP contribution in [0.2, 0.25) is 0 Å². The Kier molecular flexibility index (Phi) is 3.38. The van der Waals surface area contributed by atoms with E-state index < -0.39 is 0 Å². The maximum absolute atomic E-state index is 12.2. The molecule has 0 fully saturated rings. The van der Waals surface area contributed by atoms with E-state index in [-0.39, 0.29) is 5.91 Å². The van der Waals surface area contributed by atoms with Gasteiger partial charge in [-0.2, -0.15) is 5.10 Å². The Morgan fingerprint density at radius 1 is 1.35 bits per heavy atom. The van der Waals surface area contributed by atoms with Gasteiger partial charge in [0.15, 0.2) is 0 Å². The number of aryl methyl sites for hydroxylation is 2. The summed E-state index contributed by atoms with van der Waals surface area (Å²) in [6.07, 6.45) is 3.81. The minimum Gasteiger partial charge on any atom is -0.383 e. The summed E-state index contributed by atoms with van der Waals surface area (Å²) in [6, 6.07) is 5.78. The largest absolute Gasteiger partial charge is 0.383 e. The summed E-state index contributed by atoms with van der Waals surface area (Å²) in [6.45, 7) is 1.02. The van der Waals surface area contributed by atoms with E-state index in [9.17, 15) is 4.79 Å². The Balaban J connectivity index is 1.72. The number of benzene rings is 1. The molecule has 23 heavy (non-hydrogen) atoms. The van der Waals surface area contributed by atoms with Crippen molar-refractivity contribution in [3.05, 3.63) is 41.1 Å². The number of H-pyrrole nitrogens is 2. The number of rotatable bonds is 4. The Labute approximate surface area is 133 Å². The molecule has 0 unspecified atom stereocenters. The minimum atomic E-state index is -0.0723. The predicted octanol–water partition coefficient (Wildman–Crippen LogP) is 2.03. The molecular weight excluding hydrogens is 292 g/mol. The number of fused-ring (bicyclic) bond motifs is 5. The monoisotopic (exact) mass is 310 g/mol. The Morgan fingerprint density at radius 3 is 3.13 bits per heavy atom. The van der Waals surface area contributed by atoms with Crippen LogP contribution in [0.15, 0.2) is 24.4 Å². The summed E-state index contributed by atoms with van der Waals surface area (Å²) in [5.74, 6) is -0.0723. The third-order valence-corrected chi connectivity index (χ3v) is 4.37. The van der Waals surface area contributed by atoms with Gasteiger partial charge in [0.1, 0.15) is 0 Å². The Morgan fingerprint density at radius 2 is 2.26 bits per heavy atom. The lowest BCUT2D eigenvalue weighted by Gasteiger charge is -2.11. The van der Waals surface area contributed by atoms with Crippen LogP contribution in [0.5, 0.6) is 0 Å². The van der Waals surface area contributed by atoms with Crippen molar-refractivity contribution in [1.29, 1.82) is 0 Å². The first kappa shape index (κ1) is 14.0. The van der Waals surface area contributed by atoms with Gasteiger partial charge in [0.25, 0.3) is 5.91 Å². The van der Waals surface area contributed by atoms with Crippen molar-refractivity contribution in [2.45, 2.75) is 12.8 Å². The molecular formula is C17H18N4O2. The molecule has 0 aliphatic heterocycles. The second-order valence-electron chi connectivity index (χ2n) is 5.76. The van der Waals surface area contributed by atoms with Crippen LogP contribution in [-0.4, -0.2) is 41.3 Å². The first-order valence-electron chi connectivity index (χ1n) is 7.72. The molecule has 1 aliphatic rings. The number of hydrogen-bond acceptors (Lipinski definition) is 3. The summed E-state index contributed by atoms with van der Waals surface area (Å²) >= 11 is 0. The van der Waals surface area contributed by atoms with Crippen molar-refractivity contribution in [3.63, 3.8) is 0 Å². The second kappa shape index (κ2) is 5.55. The van der Waals surface area contributed by atoms with Crippen LogP contribution in [-0.2, 0) is 17.6 Å². The molecule has 0 radical (unpaired) electrons. The topological polar surface area (TPSA) is 82.8 Å². The third-order valence-electron chi connectivity index (χ3n) is 4.37. The lowest BCUT2D eigenvalue weighted by atomic mass is 9.93. The fraction of sp³-hybridized carbons (Fsp3) is 0.294. The number of aromatic nitrogens is 3. The lowest BCUT2D eigenvalue weighted by Crippen LogP contribution is -2.26. The summed E-state index contributed by atoms with van der Waals surface area (Å²) in [4.78, 5) is 15.7. The van der Waals surface area contributed by atoms with Crippen molar-refractivity contribution in [3.8, 4) is 11.4 Å². The fourth-order valence-electron chi connectivity index (χ4n) is 3.21. The van der Waals surface area contributed by atoms with Gasteiger partial charge in [-0.15, -0.1) is 0 Å². The maximum atomic E-state index is 12.2. The van der Waals surface area contributed by atoms with E-state index in [2.05, 4.69) is 20.5 Å². The van der Waals surface area contributed by atoms with Crippen molar-refractivity contribution in [2.24, 2.45) is 0 Å². The zero-order valence-electron chi connectivity index (χ0n) is 12.9. The summed E-state index contributed by atoms with van der Waals surface area (Å²) in [7, 11) is 1.62. The van der Waals surface area contributed by atoms with Crippen LogP contribution in [0.3, 0.4) is 0 Å². The number of carbonyl (C=O) groups excluding carboxylic acids is 1. The molecule has 0 bridgehead atoms. The van der Waals surface area contributed by atoms with Gasteiger partial charge in [0, 0.05) is 30.1 Å². The predicted molar refractivity (Wildman–Crippen MR) is 87.5 cm³/mol. The van der Waals surface area contributed by atoms with Crippen LogP contribution in [0.25, 0.3) is 22.3 Å². The van der Waals surface area contributed by atoms with Crippen LogP contribution in [0.1, 0.15) is 21.5 Å². The normalized spacial score (nSPS) is 12.9. The first-order chi connectivity index (χ1) is 11.3. The molecule has 1 aromatic carbocycles. The van der Waals surface area contributed by atoms with Gasteiger partial charge < -0.3 is 15.0 Å². The van der Waals surface area contributed by atoms with E-state index in [4.69, 9.17) is 4.74 Å². The number of amides is 1. The van der Waals surface area contributed by atoms with Crippen molar-refractivity contribution < 1.29 is 9.53 Å². The molecule has 6 heteroatoms. The average molecular weight is 310 g/mol. The van der Waals surface area contributed by atoms with Crippen molar-refractivity contribution in [1.82, 2.24) is 20.5 Å². The van der Waals surface area contributed by atoms with Gasteiger partial charge in [-0.1, -0.05) is 0 Å².